The number of aliphatic hydroxyl groups excluding tert-OH is 1. The number of amides is 1. The molecule has 1 aliphatic rings. The molecule has 90 valence electrons. The molecule has 0 atom stereocenters. The third-order valence-corrected chi connectivity index (χ3v) is 2.08. The fourth-order valence-electron chi connectivity index (χ4n) is 1.54. The minimum absolute atomic E-state index is 0.278. The van der Waals surface area contributed by atoms with E-state index in [1.807, 2.05) is 20.8 Å². The van der Waals surface area contributed by atoms with Crippen molar-refractivity contribution < 1.29 is 14.6 Å². The Hall–Kier alpha value is -0.770. The molecule has 0 bridgehead atoms. The van der Waals surface area contributed by atoms with Crippen LogP contribution in [0.1, 0.15) is 46.5 Å². The van der Waals surface area contributed by atoms with Gasteiger partial charge in [0.25, 0.3) is 0 Å². The number of alkyl carbamates (subject to hydrolysis) is 1. The van der Waals surface area contributed by atoms with Crippen molar-refractivity contribution in [1.82, 2.24) is 5.32 Å². The zero-order valence-corrected chi connectivity index (χ0v) is 10.2. The van der Waals surface area contributed by atoms with Crippen LogP contribution in [0, 0.1) is 0 Å². The van der Waals surface area contributed by atoms with Crippen LogP contribution in [0.15, 0.2) is 0 Å². The normalized spacial score (nSPS) is 16.6. The van der Waals surface area contributed by atoms with Crippen LogP contribution in [0.2, 0.25) is 0 Å². The Morgan fingerprint density at radius 3 is 2.13 bits per heavy atom. The molecule has 1 amide bonds. The fraction of sp³-hybridized carbons (Fsp3) is 0.909. The first-order chi connectivity index (χ1) is 6.97. The molecule has 1 fully saturated rings. The Bertz CT molecular complexity index is 181. The highest BCUT2D eigenvalue weighted by Crippen LogP contribution is 2.18. The third-order valence-electron chi connectivity index (χ3n) is 2.08. The van der Waals surface area contributed by atoms with Crippen LogP contribution in [0.3, 0.4) is 0 Å². The van der Waals surface area contributed by atoms with E-state index in [4.69, 9.17) is 9.84 Å². The summed E-state index contributed by atoms with van der Waals surface area (Å²) < 4.78 is 5.15. The molecule has 0 saturated heterocycles. The largest absolute Gasteiger partial charge is 0.444 e. The summed E-state index contributed by atoms with van der Waals surface area (Å²) >= 11 is 0. The number of nitrogens with one attached hydrogen (secondary N) is 1. The van der Waals surface area contributed by atoms with Gasteiger partial charge in [-0.15, -0.1) is 0 Å². The summed E-state index contributed by atoms with van der Waals surface area (Å²) in [4.78, 5) is 11.3. The van der Waals surface area contributed by atoms with Crippen molar-refractivity contribution in [2.24, 2.45) is 0 Å². The van der Waals surface area contributed by atoms with Crippen LogP contribution in [0.25, 0.3) is 0 Å². The van der Waals surface area contributed by atoms with E-state index in [2.05, 4.69) is 5.32 Å². The number of rotatable bonds is 1. The van der Waals surface area contributed by atoms with Gasteiger partial charge < -0.3 is 15.2 Å². The molecule has 0 aromatic carbocycles. The number of carbonyl (C=O) groups is 1. The maximum Gasteiger partial charge on any atom is 0.407 e. The lowest BCUT2D eigenvalue weighted by Gasteiger charge is -2.21. The maximum absolute atomic E-state index is 11.3. The highest BCUT2D eigenvalue weighted by molar-refractivity contribution is 5.68. The second kappa shape index (κ2) is 6.67. The Morgan fingerprint density at radius 1 is 1.27 bits per heavy atom. The molecular weight excluding hydrogens is 194 g/mol. The molecule has 0 unspecified atom stereocenters. The van der Waals surface area contributed by atoms with Gasteiger partial charge in [0.05, 0.1) is 0 Å². The first-order valence-corrected chi connectivity index (χ1v) is 5.41. The van der Waals surface area contributed by atoms with Gasteiger partial charge >= 0.3 is 6.09 Å². The Morgan fingerprint density at radius 2 is 1.73 bits per heavy atom. The van der Waals surface area contributed by atoms with Gasteiger partial charge in [0.15, 0.2) is 0 Å². The molecule has 0 spiro atoms. The van der Waals surface area contributed by atoms with Crippen molar-refractivity contribution in [3.8, 4) is 0 Å². The van der Waals surface area contributed by atoms with Crippen LogP contribution in [0.5, 0.6) is 0 Å². The second-order valence-corrected chi connectivity index (χ2v) is 4.63. The molecule has 0 heterocycles. The molecular formula is C11H23NO3. The summed E-state index contributed by atoms with van der Waals surface area (Å²) in [6.07, 6.45) is 4.36. The predicted octanol–water partition coefficient (Wildman–Crippen LogP) is 2.06. The van der Waals surface area contributed by atoms with Gasteiger partial charge in [-0.2, -0.15) is 0 Å². The van der Waals surface area contributed by atoms with E-state index >= 15 is 0 Å². The van der Waals surface area contributed by atoms with Crippen molar-refractivity contribution in [3.05, 3.63) is 0 Å². The molecule has 2 N–H and O–H groups in total. The zero-order chi connectivity index (χ0) is 11.9. The first kappa shape index (κ1) is 14.2. The van der Waals surface area contributed by atoms with E-state index in [1.165, 1.54) is 12.8 Å². The molecule has 4 nitrogen and oxygen atoms in total. The van der Waals surface area contributed by atoms with Gasteiger partial charge in [-0.1, -0.05) is 12.8 Å². The summed E-state index contributed by atoms with van der Waals surface area (Å²) in [5, 5.41) is 9.87. The van der Waals surface area contributed by atoms with E-state index in [-0.39, 0.29) is 11.7 Å². The van der Waals surface area contributed by atoms with Crippen molar-refractivity contribution in [1.29, 1.82) is 0 Å². The lowest BCUT2D eigenvalue weighted by Crippen LogP contribution is -2.37. The Labute approximate surface area is 92.0 Å². The van der Waals surface area contributed by atoms with Crippen LogP contribution in [-0.4, -0.2) is 30.0 Å². The van der Waals surface area contributed by atoms with Crippen molar-refractivity contribution in [2.45, 2.75) is 58.1 Å². The number of carbonyl (C=O) groups excluding carboxylic acids is 1. The van der Waals surface area contributed by atoms with Crippen LogP contribution < -0.4 is 5.32 Å². The maximum atomic E-state index is 11.3. The number of aliphatic hydroxyl groups is 1. The topological polar surface area (TPSA) is 58.6 Å². The molecule has 1 aliphatic carbocycles. The molecule has 0 radical (unpaired) electrons. The zero-order valence-electron chi connectivity index (χ0n) is 10.2. The van der Waals surface area contributed by atoms with Gasteiger partial charge in [-0.05, 0) is 33.6 Å². The summed E-state index contributed by atoms with van der Waals surface area (Å²) in [7, 11) is 1.00. The van der Waals surface area contributed by atoms with E-state index in [0.717, 1.165) is 20.0 Å². The SMILES string of the molecule is CC(C)(C)OC(=O)NC1CCCC1.CO. The summed E-state index contributed by atoms with van der Waals surface area (Å²) in [5.41, 5.74) is -0.386. The molecule has 4 heteroatoms. The predicted molar refractivity (Wildman–Crippen MR) is 59.8 cm³/mol. The molecule has 15 heavy (non-hydrogen) atoms. The first-order valence-electron chi connectivity index (χ1n) is 5.41. The van der Waals surface area contributed by atoms with Gasteiger partial charge in [0.2, 0.25) is 0 Å². The van der Waals surface area contributed by atoms with E-state index in [1.54, 1.807) is 0 Å². The van der Waals surface area contributed by atoms with E-state index in [9.17, 15) is 4.79 Å². The van der Waals surface area contributed by atoms with Crippen molar-refractivity contribution in [2.75, 3.05) is 7.11 Å². The van der Waals surface area contributed by atoms with Gasteiger partial charge in [-0.3, -0.25) is 0 Å². The monoisotopic (exact) mass is 217 g/mol. The lowest BCUT2D eigenvalue weighted by atomic mass is 10.2. The summed E-state index contributed by atoms with van der Waals surface area (Å²) in [6.45, 7) is 5.63. The Kier molecular flexibility index (Phi) is 6.32. The molecule has 1 saturated carbocycles. The quantitative estimate of drug-likeness (QED) is 0.707. The fourth-order valence-corrected chi connectivity index (χ4v) is 1.54. The van der Waals surface area contributed by atoms with Crippen molar-refractivity contribution in [3.63, 3.8) is 0 Å². The highest BCUT2D eigenvalue weighted by Gasteiger charge is 2.21. The lowest BCUT2D eigenvalue weighted by molar-refractivity contribution is 0.0505. The standard InChI is InChI=1S/C10H19NO2.CH4O/c1-10(2,3)13-9(12)11-8-6-4-5-7-8;1-2/h8H,4-7H2,1-3H3,(H,11,12);2H,1H3. The third kappa shape index (κ3) is 7.19. The van der Waals surface area contributed by atoms with E-state index in [0.29, 0.717) is 6.04 Å². The van der Waals surface area contributed by atoms with E-state index < -0.39 is 0 Å². The van der Waals surface area contributed by atoms with Crippen LogP contribution >= 0.6 is 0 Å². The summed E-state index contributed by atoms with van der Waals surface area (Å²) in [6, 6.07) is 0.342. The molecule has 0 aromatic rings. The average Bonchev–Trinajstić information content (AvgIpc) is 2.57. The summed E-state index contributed by atoms with van der Waals surface area (Å²) in [5.74, 6) is 0. The number of hydrogen-bond acceptors (Lipinski definition) is 3. The second-order valence-electron chi connectivity index (χ2n) is 4.63. The molecule has 0 aliphatic heterocycles. The molecule has 0 aromatic heterocycles. The minimum atomic E-state index is -0.386. The average molecular weight is 217 g/mol. The van der Waals surface area contributed by atoms with Gasteiger partial charge in [0, 0.05) is 13.2 Å². The minimum Gasteiger partial charge on any atom is -0.444 e. The Balaban J connectivity index is 0.000000921. The molecule has 1 rings (SSSR count). The van der Waals surface area contributed by atoms with Gasteiger partial charge in [-0.25, -0.2) is 4.79 Å². The van der Waals surface area contributed by atoms with Crippen LogP contribution in [0.4, 0.5) is 4.79 Å². The smallest absolute Gasteiger partial charge is 0.407 e. The van der Waals surface area contributed by atoms with Crippen LogP contribution in [-0.2, 0) is 4.74 Å². The highest BCUT2D eigenvalue weighted by atomic mass is 16.6. The van der Waals surface area contributed by atoms with Crippen molar-refractivity contribution >= 4 is 6.09 Å². The number of hydrogen-bond donors (Lipinski definition) is 2. The van der Waals surface area contributed by atoms with Gasteiger partial charge in [0.1, 0.15) is 5.60 Å². The number of ether oxygens (including phenoxy) is 1.